The topological polar surface area (TPSA) is 12.9 Å². The smallest absolute Gasteiger partial charge is 0.151 e. The van der Waals surface area contributed by atoms with Crippen molar-refractivity contribution < 1.29 is 0 Å². The summed E-state index contributed by atoms with van der Waals surface area (Å²) in [6.07, 6.45) is 0. The van der Waals surface area contributed by atoms with Gasteiger partial charge in [0.2, 0.25) is 0 Å². The Hall–Kier alpha value is -0.360. The molecule has 2 heterocycles. The van der Waals surface area contributed by atoms with Gasteiger partial charge in [-0.05, 0) is 39.5 Å². The van der Waals surface area contributed by atoms with E-state index in [0.717, 1.165) is 15.6 Å². The second kappa shape index (κ2) is 5.10. The number of nitrogens with zero attached hydrogens (tertiary/aromatic N) is 1. The number of thioether (sulfide) groups is 1. The average molecular weight is 342 g/mol. The van der Waals surface area contributed by atoms with Crippen molar-refractivity contribution >= 4 is 60.6 Å². The molecule has 0 amide bonds. The molecular formula is C12H8BrNS3. The van der Waals surface area contributed by atoms with Crippen molar-refractivity contribution in [3.63, 3.8) is 0 Å². The number of aromatic nitrogens is 1. The number of para-hydroxylation sites is 1. The van der Waals surface area contributed by atoms with Crippen molar-refractivity contribution in [3.8, 4) is 0 Å². The Labute approximate surface area is 120 Å². The van der Waals surface area contributed by atoms with Crippen LogP contribution in [-0.2, 0) is 5.75 Å². The van der Waals surface area contributed by atoms with Crippen LogP contribution in [-0.4, -0.2) is 4.98 Å². The highest BCUT2D eigenvalue weighted by molar-refractivity contribution is 9.10. The molecule has 0 aliphatic carbocycles. The van der Waals surface area contributed by atoms with Gasteiger partial charge >= 0.3 is 0 Å². The van der Waals surface area contributed by atoms with E-state index >= 15 is 0 Å². The number of rotatable bonds is 3. The maximum atomic E-state index is 4.61. The Balaban J connectivity index is 1.79. The molecule has 0 saturated heterocycles. The third-order valence-electron chi connectivity index (χ3n) is 2.29. The molecule has 0 bridgehead atoms. The molecule has 0 N–H and O–H groups in total. The first-order valence-corrected chi connectivity index (χ1v) is 8.50. The Morgan fingerprint density at radius 2 is 2.12 bits per heavy atom. The molecule has 0 radical (unpaired) electrons. The van der Waals surface area contributed by atoms with Gasteiger partial charge in [0.15, 0.2) is 4.34 Å². The summed E-state index contributed by atoms with van der Waals surface area (Å²) in [5.41, 5.74) is 1.10. The van der Waals surface area contributed by atoms with E-state index in [9.17, 15) is 0 Å². The Bertz CT molecular complexity index is 611. The molecule has 2 aromatic heterocycles. The predicted molar refractivity (Wildman–Crippen MR) is 81.2 cm³/mol. The fourth-order valence-electron chi connectivity index (χ4n) is 1.47. The summed E-state index contributed by atoms with van der Waals surface area (Å²) >= 11 is 8.91. The van der Waals surface area contributed by atoms with Crippen molar-refractivity contribution in [2.45, 2.75) is 10.1 Å². The SMILES string of the molecule is Brc1ccsc1CSc1nc2ccccc2s1. The zero-order valence-corrected chi connectivity index (χ0v) is 12.8. The molecule has 5 heteroatoms. The van der Waals surface area contributed by atoms with Crippen LogP contribution in [0, 0.1) is 0 Å². The van der Waals surface area contributed by atoms with E-state index in [1.807, 2.05) is 6.07 Å². The van der Waals surface area contributed by atoms with Gasteiger partial charge < -0.3 is 0 Å². The van der Waals surface area contributed by atoms with E-state index in [-0.39, 0.29) is 0 Å². The summed E-state index contributed by atoms with van der Waals surface area (Å²) in [5, 5.41) is 2.11. The van der Waals surface area contributed by atoms with Crippen LogP contribution in [0.2, 0.25) is 0 Å². The van der Waals surface area contributed by atoms with Gasteiger partial charge in [-0.1, -0.05) is 23.9 Å². The monoisotopic (exact) mass is 341 g/mol. The summed E-state index contributed by atoms with van der Waals surface area (Å²) in [5.74, 6) is 0.984. The quantitative estimate of drug-likeness (QED) is 0.590. The molecule has 0 fully saturated rings. The van der Waals surface area contributed by atoms with E-state index in [0.29, 0.717) is 0 Å². The number of hydrogen-bond acceptors (Lipinski definition) is 4. The Kier molecular flexibility index (Phi) is 3.51. The van der Waals surface area contributed by atoms with Gasteiger partial charge in [-0.3, -0.25) is 0 Å². The molecule has 0 unspecified atom stereocenters. The van der Waals surface area contributed by atoms with Gasteiger partial charge in [-0.25, -0.2) is 4.98 Å². The highest BCUT2D eigenvalue weighted by Gasteiger charge is 2.06. The highest BCUT2D eigenvalue weighted by atomic mass is 79.9. The van der Waals surface area contributed by atoms with Gasteiger partial charge in [-0.15, -0.1) is 22.7 Å². The summed E-state index contributed by atoms with van der Waals surface area (Å²) in [6.45, 7) is 0. The number of benzene rings is 1. The van der Waals surface area contributed by atoms with Crippen LogP contribution in [0.15, 0.2) is 44.5 Å². The number of fused-ring (bicyclic) bond motifs is 1. The van der Waals surface area contributed by atoms with Gasteiger partial charge in [0, 0.05) is 15.1 Å². The summed E-state index contributed by atoms with van der Waals surface area (Å²) in [4.78, 5) is 5.98. The van der Waals surface area contributed by atoms with Crippen molar-refractivity contribution in [1.29, 1.82) is 0 Å². The molecule has 3 rings (SSSR count). The standard InChI is InChI=1S/C12H8BrNS3/c13-8-5-6-15-11(8)7-16-12-14-9-3-1-2-4-10(9)17-12/h1-6H,7H2. The fraction of sp³-hybridized carbons (Fsp3) is 0.0833. The molecule has 0 saturated carbocycles. The van der Waals surface area contributed by atoms with Crippen LogP contribution < -0.4 is 0 Å². The van der Waals surface area contributed by atoms with Gasteiger partial charge in [0.1, 0.15) is 0 Å². The molecule has 3 aromatic rings. The van der Waals surface area contributed by atoms with E-state index < -0.39 is 0 Å². The second-order valence-corrected chi connectivity index (χ2v) is 7.54. The van der Waals surface area contributed by atoms with Crippen molar-refractivity contribution in [1.82, 2.24) is 4.98 Å². The van der Waals surface area contributed by atoms with E-state index in [1.54, 1.807) is 34.4 Å². The highest BCUT2D eigenvalue weighted by Crippen LogP contribution is 2.34. The molecule has 86 valence electrons. The van der Waals surface area contributed by atoms with Crippen LogP contribution in [0.4, 0.5) is 0 Å². The minimum Gasteiger partial charge on any atom is -0.230 e. The largest absolute Gasteiger partial charge is 0.230 e. The van der Waals surface area contributed by atoms with Gasteiger partial charge in [-0.2, -0.15) is 0 Å². The van der Waals surface area contributed by atoms with Crippen LogP contribution in [0.25, 0.3) is 10.2 Å². The normalized spacial score (nSPS) is 11.1. The first-order valence-electron chi connectivity index (χ1n) is 5.03. The molecular weight excluding hydrogens is 334 g/mol. The van der Waals surface area contributed by atoms with Crippen molar-refractivity contribution in [3.05, 3.63) is 45.1 Å². The van der Waals surface area contributed by atoms with E-state index in [1.165, 1.54) is 14.0 Å². The number of halogens is 1. The molecule has 0 atom stereocenters. The summed E-state index contributed by atoms with van der Waals surface area (Å²) in [6, 6.07) is 10.4. The molecule has 1 nitrogen and oxygen atoms in total. The lowest BCUT2D eigenvalue weighted by atomic mass is 10.3. The second-order valence-electron chi connectivity index (χ2n) is 3.43. The predicted octanol–water partition coefficient (Wildman–Crippen LogP) is 5.41. The minimum atomic E-state index is 0.984. The van der Waals surface area contributed by atoms with Gasteiger partial charge in [0.25, 0.3) is 0 Å². The lowest BCUT2D eigenvalue weighted by Gasteiger charge is -1.95. The number of thiophene rings is 1. The van der Waals surface area contributed by atoms with Crippen LogP contribution in [0.3, 0.4) is 0 Å². The maximum absolute atomic E-state index is 4.61. The molecule has 0 spiro atoms. The number of thiazole rings is 1. The average Bonchev–Trinajstić information content (AvgIpc) is 2.92. The third-order valence-corrected chi connectivity index (χ3v) is 6.61. The minimum absolute atomic E-state index is 0.984. The number of hydrogen-bond donors (Lipinski definition) is 0. The molecule has 1 aromatic carbocycles. The lowest BCUT2D eigenvalue weighted by Crippen LogP contribution is -1.74. The zero-order chi connectivity index (χ0) is 11.7. The first-order chi connectivity index (χ1) is 8.33. The molecule has 0 aliphatic heterocycles. The molecule has 17 heavy (non-hydrogen) atoms. The maximum Gasteiger partial charge on any atom is 0.151 e. The van der Waals surface area contributed by atoms with E-state index in [4.69, 9.17) is 0 Å². The molecule has 0 aliphatic rings. The summed E-state index contributed by atoms with van der Waals surface area (Å²) in [7, 11) is 0. The fourth-order valence-corrected chi connectivity index (χ4v) is 5.33. The zero-order valence-electron chi connectivity index (χ0n) is 8.72. The Morgan fingerprint density at radius 3 is 2.88 bits per heavy atom. The van der Waals surface area contributed by atoms with Gasteiger partial charge in [0.05, 0.1) is 10.2 Å². The van der Waals surface area contributed by atoms with Crippen LogP contribution >= 0.6 is 50.4 Å². The Morgan fingerprint density at radius 1 is 1.24 bits per heavy atom. The van der Waals surface area contributed by atoms with Crippen molar-refractivity contribution in [2.75, 3.05) is 0 Å². The van der Waals surface area contributed by atoms with E-state index in [2.05, 4.69) is 50.6 Å². The summed E-state index contributed by atoms with van der Waals surface area (Å²) < 4.78 is 3.61. The van der Waals surface area contributed by atoms with Crippen LogP contribution in [0.5, 0.6) is 0 Å². The van der Waals surface area contributed by atoms with Crippen LogP contribution in [0.1, 0.15) is 4.88 Å². The van der Waals surface area contributed by atoms with Crippen molar-refractivity contribution in [2.24, 2.45) is 0 Å². The lowest BCUT2D eigenvalue weighted by molar-refractivity contribution is 1.30. The first kappa shape index (κ1) is 11.7. The third kappa shape index (κ3) is 2.57.